The number of Topliss-reactive ketones (excluding diaryl/α,β-unsaturated/α-hetero) is 1. The number of methoxy groups -OCH3 is 1. The van der Waals surface area contributed by atoms with E-state index in [0.29, 0.717) is 52.0 Å². The first-order valence-electron chi connectivity index (χ1n) is 13.7. The molecular weight excluding hydrogens is 532 g/mol. The maximum Gasteiger partial charge on any atom is 0.339 e. The van der Waals surface area contributed by atoms with Crippen LogP contribution in [0.2, 0.25) is 0 Å². The van der Waals surface area contributed by atoms with Crippen LogP contribution in [0.1, 0.15) is 39.1 Å². The van der Waals surface area contributed by atoms with Crippen LogP contribution < -0.4 is 9.64 Å². The molecule has 0 radical (unpaired) electrons. The van der Waals surface area contributed by atoms with E-state index in [-0.39, 0.29) is 35.0 Å². The van der Waals surface area contributed by atoms with Crippen LogP contribution in [0.25, 0.3) is 22.2 Å². The lowest BCUT2D eigenvalue weighted by Gasteiger charge is -2.15. The summed E-state index contributed by atoms with van der Waals surface area (Å²) in [4.78, 5) is 58.1. The lowest BCUT2D eigenvalue weighted by molar-refractivity contribution is -0.122. The second-order valence-electron chi connectivity index (χ2n) is 10.5. The summed E-state index contributed by atoms with van der Waals surface area (Å²) in [6.45, 7) is 1.49. The SMILES string of the molecule is COc1cccc(C(=O)COC(=O)c2cc(-c3ccc(N4C(=O)C5CC=CCC5C4=O)cc3)nc3ccc(C)cc23)c1. The Morgan fingerprint density at radius 1 is 0.905 bits per heavy atom. The Morgan fingerprint density at radius 3 is 2.31 bits per heavy atom. The van der Waals surface area contributed by atoms with Gasteiger partial charge in [-0.15, -0.1) is 0 Å². The Morgan fingerprint density at radius 2 is 1.62 bits per heavy atom. The van der Waals surface area contributed by atoms with Crippen molar-refractivity contribution in [3.63, 3.8) is 0 Å². The van der Waals surface area contributed by atoms with E-state index >= 15 is 0 Å². The molecule has 1 aliphatic heterocycles. The molecule has 1 aliphatic carbocycles. The number of anilines is 1. The van der Waals surface area contributed by atoms with E-state index in [4.69, 9.17) is 14.5 Å². The number of hydrogen-bond donors (Lipinski definition) is 0. The fraction of sp³-hybridized carbons (Fsp3) is 0.206. The van der Waals surface area contributed by atoms with Gasteiger partial charge in [-0.1, -0.05) is 48.0 Å². The molecule has 1 aromatic heterocycles. The van der Waals surface area contributed by atoms with Gasteiger partial charge in [0.1, 0.15) is 5.75 Å². The summed E-state index contributed by atoms with van der Waals surface area (Å²) in [5.41, 5.74) is 3.91. The standard InChI is InChI=1S/C34H28N2O6/c1-20-10-15-29-27(16-20)28(34(40)42-19-31(37)22-6-5-7-24(17-22)41-2)18-30(35-29)21-11-13-23(14-12-21)36-32(38)25-8-3-4-9-26(25)33(36)39/h3-7,10-18,25-26H,8-9,19H2,1-2H3. The molecular formula is C34H28N2O6. The van der Waals surface area contributed by atoms with Crippen molar-refractivity contribution in [3.05, 3.63) is 102 Å². The number of pyridine rings is 1. The molecule has 2 amide bonds. The molecule has 8 nitrogen and oxygen atoms in total. The quantitative estimate of drug-likeness (QED) is 0.123. The van der Waals surface area contributed by atoms with Gasteiger partial charge in [0, 0.05) is 16.5 Å². The lowest BCUT2D eigenvalue weighted by atomic mass is 9.85. The van der Waals surface area contributed by atoms with Crippen LogP contribution in [0.4, 0.5) is 5.69 Å². The molecule has 42 heavy (non-hydrogen) atoms. The van der Waals surface area contributed by atoms with Gasteiger partial charge in [-0.25, -0.2) is 9.78 Å². The van der Waals surface area contributed by atoms with Gasteiger partial charge in [-0.3, -0.25) is 19.3 Å². The Kier molecular flexibility index (Phi) is 7.12. The fourth-order valence-electron chi connectivity index (χ4n) is 5.58. The van der Waals surface area contributed by atoms with Gasteiger partial charge in [0.25, 0.3) is 0 Å². The minimum atomic E-state index is -0.647. The average molecular weight is 561 g/mol. The predicted octanol–water partition coefficient (Wildman–Crippen LogP) is 5.71. The van der Waals surface area contributed by atoms with E-state index in [1.165, 1.54) is 12.0 Å². The number of amides is 2. The van der Waals surface area contributed by atoms with Crippen molar-refractivity contribution in [2.45, 2.75) is 19.8 Å². The number of carbonyl (C=O) groups excluding carboxylic acids is 4. The highest BCUT2D eigenvalue weighted by Crippen LogP contribution is 2.38. The van der Waals surface area contributed by atoms with Crippen molar-refractivity contribution in [1.29, 1.82) is 0 Å². The van der Waals surface area contributed by atoms with Crippen LogP contribution in [0, 0.1) is 18.8 Å². The van der Waals surface area contributed by atoms with E-state index in [1.54, 1.807) is 54.6 Å². The van der Waals surface area contributed by atoms with Gasteiger partial charge >= 0.3 is 5.97 Å². The number of esters is 1. The summed E-state index contributed by atoms with van der Waals surface area (Å²) in [6, 6.07) is 20.9. The zero-order chi connectivity index (χ0) is 29.4. The average Bonchev–Trinajstić information content (AvgIpc) is 3.28. The molecule has 1 saturated heterocycles. The number of ether oxygens (including phenoxy) is 2. The lowest BCUT2D eigenvalue weighted by Crippen LogP contribution is -2.30. The molecule has 8 heteroatoms. The molecule has 4 aromatic rings. The first kappa shape index (κ1) is 27.1. The number of nitrogens with zero attached hydrogens (tertiary/aromatic N) is 2. The number of aryl methyl sites for hydroxylation is 1. The molecule has 0 spiro atoms. The minimum absolute atomic E-state index is 0.171. The third-order valence-electron chi connectivity index (χ3n) is 7.84. The van der Waals surface area contributed by atoms with Gasteiger partial charge in [-0.2, -0.15) is 0 Å². The summed E-state index contributed by atoms with van der Waals surface area (Å²) >= 11 is 0. The maximum atomic E-state index is 13.3. The maximum absolute atomic E-state index is 13.3. The number of ketones is 1. The normalized spacial score (nSPS) is 17.8. The van der Waals surface area contributed by atoms with Crippen LogP contribution in [0.3, 0.4) is 0 Å². The summed E-state index contributed by atoms with van der Waals surface area (Å²) < 4.78 is 10.6. The number of allylic oxidation sites excluding steroid dienone is 2. The van der Waals surface area contributed by atoms with Crippen LogP contribution in [-0.2, 0) is 14.3 Å². The Balaban J connectivity index is 1.27. The number of imide groups is 1. The number of hydrogen-bond acceptors (Lipinski definition) is 7. The highest BCUT2D eigenvalue weighted by Gasteiger charge is 2.47. The summed E-state index contributed by atoms with van der Waals surface area (Å²) in [7, 11) is 1.51. The summed E-state index contributed by atoms with van der Waals surface area (Å²) in [5.74, 6) is -1.42. The van der Waals surface area contributed by atoms with Crippen molar-refractivity contribution in [1.82, 2.24) is 4.98 Å². The van der Waals surface area contributed by atoms with E-state index in [1.807, 2.05) is 37.3 Å². The van der Waals surface area contributed by atoms with Crippen LogP contribution in [0.5, 0.6) is 5.75 Å². The summed E-state index contributed by atoms with van der Waals surface area (Å²) in [5, 5.41) is 0.610. The number of fused-ring (bicyclic) bond motifs is 2. The molecule has 0 saturated carbocycles. The largest absolute Gasteiger partial charge is 0.497 e. The zero-order valence-electron chi connectivity index (χ0n) is 23.2. The number of aromatic nitrogens is 1. The van der Waals surface area contributed by atoms with Crippen LogP contribution in [0.15, 0.2) is 84.9 Å². The number of carbonyl (C=O) groups is 4. The monoisotopic (exact) mass is 560 g/mol. The Bertz CT molecular complexity index is 1750. The van der Waals surface area contributed by atoms with Gasteiger partial charge in [0.05, 0.1) is 41.4 Å². The van der Waals surface area contributed by atoms with Gasteiger partial charge in [0.2, 0.25) is 11.8 Å². The van der Waals surface area contributed by atoms with Gasteiger partial charge < -0.3 is 9.47 Å². The third-order valence-corrected chi connectivity index (χ3v) is 7.84. The Hall–Kier alpha value is -5.11. The molecule has 1 fully saturated rings. The minimum Gasteiger partial charge on any atom is -0.497 e. The summed E-state index contributed by atoms with van der Waals surface area (Å²) in [6.07, 6.45) is 5.08. The highest BCUT2D eigenvalue weighted by molar-refractivity contribution is 6.22. The number of rotatable bonds is 7. The second kappa shape index (κ2) is 11.0. The van der Waals surface area contributed by atoms with Crippen molar-refractivity contribution in [2.24, 2.45) is 11.8 Å². The zero-order valence-corrected chi connectivity index (χ0v) is 23.2. The molecule has 2 unspecified atom stereocenters. The molecule has 6 rings (SSSR count). The van der Waals surface area contributed by atoms with Crippen LogP contribution in [-0.4, -0.2) is 42.3 Å². The van der Waals surface area contributed by atoms with Crippen LogP contribution >= 0.6 is 0 Å². The molecule has 0 bridgehead atoms. The molecule has 2 atom stereocenters. The smallest absolute Gasteiger partial charge is 0.339 e. The molecule has 2 aliphatic rings. The number of benzene rings is 3. The first-order chi connectivity index (χ1) is 20.3. The van der Waals surface area contributed by atoms with Crippen molar-refractivity contribution < 1.29 is 28.7 Å². The topological polar surface area (TPSA) is 103 Å². The fourth-order valence-corrected chi connectivity index (χ4v) is 5.58. The van der Waals surface area contributed by atoms with E-state index in [9.17, 15) is 19.2 Å². The van der Waals surface area contributed by atoms with Crippen molar-refractivity contribution in [2.75, 3.05) is 18.6 Å². The molecule has 2 heterocycles. The molecule has 0 N–H and O–H groups in total. The van der Waals surface area contributed by atoms with Gasteiger partial charge in [-0.05, 0) is 62.2 Å². The Labute approximate surface area is 242 Å². The van der Waals surface area contributed by atoms with E-state index in [0.717, 1.165) is 5.56 Å². The molecule has 3 aromatic carbocycles. The first-order valence-corrected chi connectivity index (χ1v) is 13.7. The van der Waals surface area contributed by atoms with Crippen molar-refractivity contribution >= 4 is 40.2 Å². The van der Waals surface area contributed by atoms with E-state index in [2.05, 4.69) is 0 Å². The second-order valence-corrected chi connectivity index (χ2v) is 10.5. The van der Waals surface area contributed by atoms with Crippen molar-refractivity contribution in [3.8, 4) is 17.0 Å². The van der Waals surface area contributed by atoms with Gasteiger partial charge in [0.15, 0.2) is 12.4 Å². The third kappa shape index (κ3) is 4.96. The molecule has 210 valence electrons. The van der Waals surface area contributed by atoms with E-state index < -0.39 is 12.6 Å². The highest BCUT2D eigenvalue weighted by atomic mass is 16.5. The predicted molar refractivity (Wildman–Crippen MR) is 157 cm³/mol.